The first-order valence-electron chi connectivity index (χ1n) is 22.6. The number of esters is 2. The fourth-order valence-corrected chi connectivity index (χ4v) is 7.82. The minimum absolute atomic E-state index is 0.00317. The SMILES string of the molecule is CCC/C=C\C/C=C\CCCCCCCC(=O)O[C@H](COC(=O)CCC/C=C\C/C=C\C/C=C\C=C\[C@H](O)CCCCC)COP(=O)(O)O[C@H]1C(O)C(O)C(O)[C@@H](OP(=O)(O)O)C1O. The number of unbranched alkanes of at least 4 members (excludes halogenated alkanes) is 9. The number of hydrogen-bond donors (Lipinski definition) is 8. The topological polar surface area (TPSA) is 276 Å². The van der Waals surface area contributed by atoms with E-state index in [2.05, 4.69) is 42.7 Å². The molecule has 0 aliphatic heterocycles. The minimum atomic E-state index is -5.38. The van der Waals surface area contributed by atoms with Crippen LogP contribution in [0.4, 0.5) is 0 Å². The summed E-state index contributed by atoms with van der Waals surface area (Å²) in [6, 6.07) is 0. The first-order chi connectivity index (χ1) is 30.5. The van der Waals surface area contributed by atoms with Gasteiger partial charge in [0.25, 0.3) is 0 Å². The van der Waals surface area contributed by atoms with Gasteiger partial charge >= 0.3 is 27.6 Å². The number of rotatable bonds is 36. The maximum atomic E-state index is 13.0. The fraction of sp³-hybridized carbons (Fsp3) is 0.689. The van der Waals surface area contributed by atoms with Crippen LogP contribution in [-0.4, -0.2) is 114 Å². The van der Waals surface area contributed by atoms with Crippen LogP contribution in [0.2, 0.25) is 0 Å². The smallest absolute Gasteiger partial charge is 0.462 e. The Balaban J connectivity index is 2.68. The largest absolute Gasteiger partial charge is 0.472 e. The molecule has 0 aromatic heterocycles. The molecule has 0 saturated heterocycles. The highest BCUT2D eigenvalue weighted by molar-refractivity contribution is 7.47. The monoisotopic (exact) mass is 950 g/mol. The van der Waals surface area contributed by atoms with E-state index in [0.29, 0.717) is 25.7 Å². The molecular formula is C45H76O17P2. The zero-order valence-corrected chi connectivity index (χ0v) is 39.3. The average molecular weight is 951 g/mol. The molecule has 0 aromatic rings. The van der Waals surface area contributed by atoms with Crippen molar-refractivity contribution in [2.75, 3.05) is 13.2 Å². The van der Waals surface area contributed by atoms with Crippen LogP contribution in [0.25, 0.3) is 0 Å². The van der Waals surface area contributed by atoms with Gasteiger partial charge in [0.05, 0.1) is 12.7 Å². The summed E-state index contributed by atoms with van der Waals surface area (Å²) in [5.41, 5.74) is 0. The molecule has 17 nitrogen and oxygen atoms in total. The average Bonchev–Trinajstić information content (AvgIpc) is 3.24. The predicted molar refractivity (Wildman–Crippen MR) is 242 cm³/mol. The van der Waals surface area contributed by atoms with Crippen molar-refractivity contribution >= 4 is 27.6 Å². The maximum Gasteiger partial charge on any atom is 0.472 e. The molecule has 0 amide bonds. The van der Waals surface area contributed by atoms with Crippen LogP contribution in [0.5, 0.6) is 0 Å². The van der Waals surface area contributed by atoms with Crippen molar-refractivity contribution in [2.24, 2.45) is 0 Å². The molecule has 64 heavy (non-hydrogen) atoms. The summed E-state index contributed by atoms with van der Waals surface area (Å²) in [5.74, 6) is -1.32. The summed E-state index contributed by atoms with van der Waals surface area (Å²) in [5, 5.41) is 51.1. The Kier molecular flexibility index (Phi) is 33.0. The van der Waals surface area contributed by atoms with Crippen LogP contribution in [0.3, 0.4) is 0 Å². The molecule has 1 rings (SSSR count). The molecule has 0 bridgehead atoms. The number of ether oxygens (including phenoxy) is 2. The van der Waals surface area contributed by atoms with Crippen LogP contribution in [-0.2, 0) is 41.8 Å². The number of carbonyl (C=O) groups excluding carboxylic acids is 2. The third kappa shape index (κ3) is 29.8. The summed E-state index contributed by atoms with van der Waals surface area (Å²) < 4.78 is 49.2. The van der Waals surface area contributed by atoms with Crippen molar-refractivity contribution in [3.05, 3.63) is 72.9 Å². The van der Waals surface area contributed by atoms with Crippen LogP contribution in [0.1, 0.15) is 136 Å². The number of aliphatic hydroxyl groups excluding tert-OH is 5. The molecule has 0 aromatic carbocycles. The molecule has 0 spiro atoms. The molecule has 0 heterocycles. The number of allylic oxidation sites excluding steroid dienone is 11. The van der Waals surface area contributed by atoms with Crippen LogP contribution in [0.15, 0.2) is 72.9 Å². The number of hydrogen-bond acceptors (Lipinski definition) is 14. The summed E-state index contributed by atoms with van der Waals surface area (Å²) in [6.07, 6.45) is 23.4. The fourth-order valence-electron chi connectivity index (χ4n) is 6.28. The normalized spacial score (nSPS) is 23.0. The Morgan fingerprint density at radius 2 is 1.14 bits per heavy atom. The number of aliphatic hydroxyl groups is 5. The lowest BCUT2D eigenvalue weighted by molar-refractivity contribution is -0.216. The summed E-state index contributed by atoms with van der Waals surface area (Å²) in [6.45, 7) is 2.83. The Bertz CT molecular complexity index is 1540. The summed E-state index contributed by atoms with van der Waals surface area (Å²) in [4.78, 5) is 54.1. The van der Waals surface area contributed by atoms with E-state index in [9.17, 15) is 49.1 Å². The zero-order chi connectivity index (χ0) is 47.6. The predicted octanol–water partition coefficient (Wildman–Crippen LogP) is 7.03. The second kappa shape index (κ2) is 35.6. The molecule has 0 radical (unpaired) electrons. The lowest BCUT2D eigenvalue weighted by Crippen LogP contribution is -2.64. The Hall–Kier alpha value is -2.60. The summed E-state index contributed by atoms with van der Waals surface area (Å²) >= 11 is 0. The van der Waals surface area contributed by atoms with Gasteiger partial charge in [-0.05, 0) is 64.2 Å². The van der Waals surface area contributed by atoms with Gasteiger partial charge in [-0.3, -0.25) is 23.2 Å². The lowest BCUT2D eigenvalue weighted by Gasteiger charge is -2.43. The molecule has 19 heteroatoms. The van der Waals surface area contributed by atoms with Gasteiger partial charge in [-0.1, -0.05) is 132 Å². The van der Waals surface area contributed by atoms with E-state index in [4.69, 9.17) is 28.3 Å². The standard InChI is InChI=1S/C45H76O17P2/c1-3-5-7-8-9-10-11-12-15-19-22-25-29-33-39(48)60-37(35-59-64(56,57)62-45-42(51)40(49)41(50)44(43(45)52)61-63(53,54)55)34-58-38(47)32-28-24-21-18-16-13-14-17-20-23-27-31-36(46)30-26-6-4-2/h7-8,10-11,13-14,18,20-21,23,27,31,36-37,40-46,49-52H,3-6,9,12,15-17,19,22,24-26,28-30,32-35H2,1-2H3,(H,56,57)(H2,53,54,55)/b8-7-,11-10-,14-13-,21-18-,23-20-,31-27+/t36-,37-,40?,41?,42?,43?,44-,45+/m1/s1. The lowest BCUT2D eigenvalue weighted by atomic mass is 9.85. The molecule has 1 aliphatic carbocycles. The van der Waals surface area contributed by atoms with Gasteiger partial charge in [-0.25, -0.2) is 9.13 Å². The van der Waals surface area contributed by atoms with E-state index < -0.39 is 89.6 Å². The molecule has 368 valence electrons. The van der Waals surface area contributed by atoms with Gasteiger partial charge in [0.15, 0.2) is 6.10 Å². The van der Waals surface area contributed by atoms with Crippen LogP contribution in [0, 0.1) is 0 Å². The number of carbonyl (C=O) groups is 2. The molecular weight excluding hydrogens is 874 g/mol. The van der Waals surface area contributed by atoms with Crippen LogP contribution >= 0.6 is 15.6 Å². The van der Waals surface area contributed by atoms with Gasteiger partial charge in [0.2, 0.25) is 0 Å². The van der Waals surface area contributed by atoms with Crippen molar-refractivity contribution in [2.45, 2.75) is 185 Å². The van der Waals surface area contributed by atoms with Crippen molar-refractivity contribution < 1.29 is 82.0 Å². The van der Waals surface area contributed by atoms with Gasteiger partial charge < -0.3 is 49.7 Å². The molecule has 1 aliphatic rings. The second-order valence-electron chi connectivity index (χ2n) is 15.6. The molecule has 5 unspecified atom stereocenters. The second-order valence-corrected chi connectivity index (χ2v) is 18.2. The number of phosphoric ester groups is 2. The molecule has 8 N–H and O–H groups in total. The Morgan fingerprint density at radius 3 is 1.78 bits per heavy atom. The van der Waals surface area contributed by atoms with Crippen molar-refractivity contribution in [1.82, 2.24) is 0 Å². The van der Waals surface area contributed by atoms with Crippen LogP contribution < -0.4 is 0 Å². The van der Waals surface area contributed by atoms with E-state index >= 15 is 0 Å². The molecule has 1 saturated carbocycles. The van der Waals surface area contributed by atoms with Crippen molar-refractivity contribution in [3.63, 3.8) is 0 Å². The van der Waals surface area contributed by atoms with Gasteiger partial charge in [-0.2, -0.15) is 0 Å². The minimum Gasteiger partial charge on any atom is -0.462 e. The first kappa shape index (κ1) is 59.4. The third-order valence-electron chi connectivity index (χ3n) is 9.84. The Morgan fingerprint density at radius 1 is 0.578 bits per heavy atom. The van der Waals surface area contributed by atoms with Gasteiger partial charge in [0.1, 0.15) is 43.2 Å². The van der Waals surface area contributed by atoms with E-state index in [0.717, 1.165) is 83.5 Å². The van der Waals surface area contributed by atoms with Gasteiger partial charge in [-0.15, -0.1) is 0 Å². The van der Waals surface area contributed by atoms with Crippen molar-refractivity contribution in [1.29, 1.82) is 0 Å². The highest BCUT2D eigenvalue weighted by Crippen LogP contribution is 2.49. The van der Waals surface area contributed by atoms with E-state index in [1.54, 1.807) is 6.08 Å². The Labute approximate surface area is 379 Å². The van der Waals surface area contributed by atoms with Crippen molar-refractivity contribution in [3.8, 4) is 0 Å². The first-order valence-corrected chi connectivity index (χ1v) is 25.6. The molecule has 1 fully saturated rings. The molecule has 9 atom stereocenters. The van der Waals surface area contributed by atoms with Gasteiger partial charge in [0, 0.05) is 12.8 Å². The number of phosphoric acid groups is 2. The zero-order valence-electron chi connectivity index (χ0n) is 37.5. The van der Waals surface area contributed by atoms with E-state index in [1.807, 2.05) is 42.5 Å². The maximum absolute atomic E-state index is 13.0. The quantitative estimate of drug-likeness (QED) is 0.0103. The summed E-state index contributed by atoms with van der Waals surface area (Å²) in [7, 11) is -10.7. The highest BCUT2D eigenvalue weighted by Gasteiger charge is 2.54. The third-order valence-corrected chi connectivity index (χ3v) is 11.3. The van der Waals surface area contributed by atoms with E-state index in [-0.39, 0.29) is 12.8 Å². The van der Waals surface area contributed by atoms with E-state index in [1.165, 1.54) is 0 Å². The highest BCUT2D eigenvalue weighted by atomic mass is 31.2.